The smallest absolute Gasteiger partial charge is 0.433 e. The average molecular weight is 342 g/mol. The summed E-state index contributed by atoms with van der Waals surface area (Å²) in [7, 11) is 0. The number of nitrogens with zero attached hydrogens (tertiary/aromatic N) is 2. The first-order valence-corrected chi connectivity index (χ1v) is 7.27. The average Bonchev–Trinajstić information content (AvgIpc) is 2.99. The van der Waals surface area contributed by atoms with Gasteiger partial charge in [0.2, 0.25) is 0 Å². The number of halogens is 3. The third kappa shape index (κ3) is 3.26. The molecular formula is C15H15F3N3O3+. The molecule has 1 heterocycles. The van der Waals surface area contributed by atoms with Crippen molar-refractivity contribution in [3.05, 3.63) is 47.8 Å². The number of hydrogen-bond acceptors (Lipinski definition) is 4. The Hall–Kier alpha value is -2.39. The maximum absolute atomic E-state index is 12.8. The highest BCUT2D eigenvalue weighted by Crippen LogP contribution is 2.39. The lowest BCUT2D eigenvalue weighted by Gasteiger charge is -2.35. The van der Waals surface area contributed by atoms with Crippen molar-refractivity contribution in [1.29, 1.82) is 0 Å². The molecule has 128 valence electrons. The summed E-state index contributed by atoms with van der Waals surface area (Å²) in [4.78, 5) is 12.0. The topological polar surface area (TPSA) is 81.0 Å². The molecule has 6 nitrogen and oxygen atoms in total. The number of alkyl halides is 3. The van der Waals surface area contributed by atoms with Crippen LogP contribution < -0.4 is 5.48 Å². The zero-order valence-electron chi connectivity index (χ0n) is 12.4. The lowest BCUT2D eigenvalue weighted by molar-refractivity contribution is -0.825. The van der Waals surface area contributed by atoms with E-state index in [9.17, 15) is 18.0 Å². The van der Waals surface area contributed by atoms with E-state index in [4.69, 9.17) is 9.94 Å². The van der Waals surface area contributed by atoms with E-state index in [2.05, 4.69) is 5.10 Å². The van der Waals surface area contributed by atoms with Gasteiger partial charge in [0.25, 0.3) is 0 Å². The molecule has 2 aromatic rings. The van der Waals surface area contributed by atoms with Crippen molar-refractivity contribution in [3.63, 3.8) is 0 Å². The first-order valence-electron chi connectivity index (χ1n) is 7.27. The lowest BCUT2D eigenvalue weighted by Crippen LogP contribution is -2.73. The first-order chi connectivity index (χ1) is 11.4. The number of aromatic nitrogens is 2. The van der Waals surface area contributed by atoms with Gasteiger partial charge in [-0.15, -0.1) is 0 Å². The Labute approximate surface area is 134 Å². The molecule has 0 atom stereocenters. The van der Waals surface area contributed by atoms with E-state index in [-0.39, 0.29) is 0 Å². The zero-order chi connectivity index (χ0) is 17.3. The molecule has 0 spiro atoms. The summed E-state index contributed by atoms with van der Waals surface area (Å²) in [6.07, 6.45) is -3.19. The Morgan fingerprint density at radius 1 is 1.25 bits per heavy atom. The third-order valence-corrected chi connectivity index (χ3v) is 3.95. The maximum Gasteiger partial charge on any atom is 0.433 e. The molecule has 1 fully saturated rings. The summed E-state index contributed by atoms with van der Waals surface area (Å²) in [6.45, 7) is 0. The number of hydrogen-bond donors (Lipinski definition) is 2. The molecule has 0 bridgehead atoms. The predicted octanol–water partition coefficient (Wildman–Crippen LogP) is 2.05. The number of rotatable bonds is 4. The van der Waals surface area contributed by atoms with Gasteiger partial charge < -0.3 is 4.74 Å². The molecule has 3 N–H and O–H groups in total. The lowest BCUT2D eigenvalue weighted by atomic mass is 9.89. The van der Waals surface area contributed by atoms with Crippen LogP contribution in [0.4, 0.5) is 18.9 Å². The van der Waals surface area contributed by atoms with Crippen LogP contribution in [0.3, 0.4) is 0 Å². The normalized spacial score (nSPS) is 20.5. The fraction of sp³-hybridized carbons (Fsp3) is 0.333. The van der Waals surface area contributed by atoms with Crippen LogP contribution in [0.1, 0.15) is 34.9 Å². The second kappa shape index (κ2) is 6.25. The van der Waals surface area contributed by atoms with Gasteiger partial charge in [0.05, 0.1) is 11.6 Å². The number of carbonyl (C=O) groups is 1. The number of benzene rings is 1. The molecule has 0 amide bonds. The van der Waals surface area contributed by atoms with Gasteiger partial charge in [0.15, 0.2) is 5.69 Å². The van der Waals surface area contributed by atoms with Gasteiger partial charge in [-0.25, -0.2) is 10.0 Å². The largest absolute Gasteiger partial charge is 0.459 e. The summed E-state index contributed by atoms with van der Waals surface area (Å²) < 4.78 is 44.7. The quantitative estimate of drug-likeness (QED) is 0.506. The summed E-state index contributed by atoms with van der Waals surface area (Å²) in [5, 5.41) is 12.6. The number of esters is 1. The van der Waals surface area contributed by atoms with Crippen LogP contribution in [0.15, 0.2) is 36.5 Å². The number of quaternary nitrogens is 1. The van der Waals surface area contributed by atoms with Crippen molar-refractivity contribution in [2.24, 2.45) is 0 Å². The molecule has 3 rings (SSSR count). The van der Waals surface area contributed by atoms with Crippen LogP contribution in [0.2, 0.25) is 0 Å². The van der Waals surface area contributed by atoms with Crippen LogP contribution in [0.5, 0.6) is 0 Å². The second-order valence-corrected chi connectivity index (χ2v) is 5.56. The van der Waals surface area contributed by atoms with E-state index in [0.29, 0.717) is 24.1 Å². The molecule has 1 aliphatic carbocycles. The maximum atomic E-state index is 12.8. The van der Waals surface area contributed by atoms with Crippen LogP contribution >= 0.6 is 0 Å². The van der Waals surface area contributed by atoms with Gasteiger partial charge in [-0.3, -0.25) is 4.68 Å². The second-order valence-electron chi connectivity index (χ2n) is 5.56. The van der Waals surface area contributed by atoms with E-state index in [1.165, 1.54) is 12.1 Å². The van der Waals surface area contributed by atoms with Crippen LogP contribution in [-0.2, 0) is 10.9 Å². The van der Waals surface area contributed by atoms with E-state index in [1.54, 1.807) is 12.1 Å². The van der Waals surface area contributed by atoms with E-state index in [1.807, 2.05) is 0 Å². The highest BCUT2D eigenvalue weighted by molar-refractivity contribution is 5.89. The van der Waals surface area contributed by atoms with Crippen molar-refractivity contribution < 1.29 is 33.4 Å². The Balaban J connectivity index is 1.57. The fourth-order valence-electron chi connectivity index (χ4n) is 2.59. The minimum Gasteiger partial charge on any atom is -0.459 e. The standard InChI is InChI=1S/C15H14F3N3O3/c16-15(17,18)13-5-6-19-21(13)11-7-12(8-11)24-14(22)9-1-3-10(20-23)4-2-9/h1-6,11-12,20,23H,7-8H2/p+1. The van der Waals surface area contributed by atoms with Crippen LogP contribution in [0, 0.1) is 0 Å². The Kier molecular flexibility index (Phi) is 4.29. The SMILES string of the molecule is O=C(OC1CC(n2nccc2C(F)(F)F)C1)c1ccc([NH2+]O)cc1. The molecule has 0 saturated heterocycles. The fourth-order valence-corrected chi connectivity index (χ4v) is 2.59. The first kappa shape index (κ1) is 16.5. The predicted molar refractivity (Wildman–Crippen MR) is 74.5 cm³/mol. The molecule has 0 radical (unpaired) electrons. The number of ether oxygens (including phenoxy) is 1. The molecule has 1 aliphatic rings. The molecular weight excluding hydrogens is 327 g/mol. The Morgan fingerprint density at radius 3 is 2.50 bits per heavy atom. The van der Waals surface area contributed by atoms with E-state index in [0.717, 1.165) is 22.4 Å². The third-order valence-electron chi connectivity index (χ3n) is 3.95. The summed E-state index contributed by atoms with van der Waals surface area (Å²) in [5.74, 6) is -0.542. The highest BCUT2D eigenvalue weighted by Gasteiger charge is 2.41. The van der Waals surface area contributed by atoms with E-state index < -0.39 is 30.0 Å². The minimum absolute atomic E-state index is 0.291. The number of nitrogens with two attached hydrogens (primary N) is 1. The summed E-state index contributed by atoms with van der Waals surface area (Å²) in [6, 6.07) is 6.63. The molecule has 1 aromatic heterocycles. The van der Waals surface area contributed by atoms with Crippen molar-refractivity contribution in [2.75, 3.05) is 0 Å². The zero-order valence-corrected chi connectivity index (χ0v) is 12.4. The molecule has 1 saturated carbocycles. The summed E-state index contributed by atoms with van der Waals surface area (Å²) in [5.41, 5.74) is 0.981. The van der Waals surface area contributed by atoms with Gasteiger partial charge in [0.1, 0.15) is 11.8 Å². The van der Waals surface area contributed by atoms with Gasteiger partial charge >= 0.3 is 12.1 Å². The van der Waals surface area contributed by atoms with Gasteiger partial charge in [-0.05, 0) is 18.2 Å². The molecule has 9 heteroatoms. The van der Waals surface area contributed by atoms with Crippen molar-refractivity contribution in [2.45, 2.75) is 31.2 Å². The van der Waals surface area contributed by atoms with Crippen molar-refractivity contribution in [1.82, 2.24) is 9.78 Å². The van der Waals surface area contributed by atoms with Crippen LogP contribution in [-0.4, -0.2) is 27.1 Å². The molecule has 24 heavy (non-hydrogen) atoms. The van der Waals surface area contributed by atoms with Gasteiger partial charge in [-0.2, -0.15) is 23.8 Å². The molecule has 0 unspecified atom stereocenters. The van der Waals surface area contributed by atoms with Crippen molar-refractivity contribution >= 4 is 11.7 Å². The Bertz CT molecular complexity index is 722. The van der Waals surface area contributed by atoms with Gasteiger partial charge in [-0.1, -0.05) is 0 Å². The summed E-state index contributed by atoms with van der Waals surface area (Å²) >= 11 is 0. The highest BCUT2D eigenvalue weighted by atomic mass is 19.4. The monoisotopic (exact) mass is 342 g/mol. The van der Waals surface area contributed by atoms with Gasteiger partial charge in [0, 0.05) is 31.2 Å². The minimum atomic E-state index is -4.45. The Morgan fingerprint density at radius 2 is 1.92 bits per heavy atom. The van der Waals surface area contributed by atoms with Crippen molar-refractivity contribution in [3.8, 4) is 0 Å². The van der Waals surface area contributed by atoms with E-state index >= 15 is 0 Å². The van der Waals surface area contributed by atoms with Crippen LogP contribution in [0.25, 0.3) is 0 Å². The molecule has 0 aliphatic heterocycles. The number of carbonyl (C=O) groups excluding carboxylic acids is 1. The molecule has 1 aromatic carbocycles.